The Morgan fingerprint density at radius 3 is 1.19 bits per heavy atom. The van der Waals surface area contributed by atoms with Gasteiger partial charge in [-0.3, -0.25) is 29.7 Å². The molecule has 0 amide bonds. The number of fused-ring (bicyclic) bond motifs is 16. The maximum atomic E-state index is 9.84. The van der Waals surface area contributed by atoms with Gasteiger partial charge in [0.15, 0.2) is 6.29 Å². The molecule has 4 aliphatic heterocycles. The largest absolute Gasteiger partial charge is 3.00 e. The molecule has 17 heterocycles. The molecule has 0 radical (unpaired) electrons. The third-order valence-electron chi connectivity index (χ3n) is 13.6. The molecule has 88 heavy (non-hydrogen) atoms. The summed E-state index contributed by atoms with van der Waals surface area (Å²) in [5.74, 6) is 0. The summed E-state index contributed by atoms with van der Waals surface area (Å²) in [6.07, 6.45) is 30.9. The average molecular weight is 1280 g/mol. The molecule has 0 aromatic carbocycles. The van der Waals surface area contributed by atoms with Crippen LogP contribution in [0.15, 0.2) is 168 Å². The summed E-state index contributed by atoms with van der Waals surface area (Å²) in [5.41, 5.74) is 29.9. The number of aldehydes is 1. The first-order valence-electron chi connectivity index (χ1n) is 26.7. The maximum Gasteiger partial charge on any atom is 3.00 e. The minimum absolute atomic E-state index is 0. The van der Waals surface area contributed by atoms with E-state index in [0.717, 1.165) is 144 Å². The van der Waals surface area contributed by atoms with Crippen LogP contribution < -0.4 is 9.97 Å². The van der Waals surface area contributed by atoms with E-state index in [0.29, 0.717) is 4.88 Å². The Morgan fingerprint density at radius 1 is 0.420 bits per heavy atom. The van der Waals surface area contributed by atoms with Crippen molar-refractivity contribution in [1.82, 2.24) is 74.8 Å². The van der Waals surface area contributed by atoms with Gasteiger partial charge in [-0.25, -0.2) is 19.9 Å². The van der Waals surface area contributed by atoms with Crippen molar-refractivity contribution < 1.29 is 21.9 Å². The zero-order valence-electron chi connectivity index (χ0n) is 45.3. The van der Waals surface area contributed by atoms with Crippen LogP contribution in [0.3, 0.4) is 0 Å². The zero-order valence-corrected chi connectivity index (χ0v) is 50.6. The van der Waals surface area contributed by atoms with Gasteiger partial charge >= 0.3 is 17.1 Å². The fourth-order valence-electron chi connectivity index (χ4n) is 9.85. The second-order valence-corrected chi connectivity index (χ2v) is 23.8. The van der Waals surface area contributed by atoms with Crippen LogP contribution in [0.2, 0.25) is 0 Å². The number of carbonyl (C=O) groups is 1. The van der Waals surface area contributed by atoms with Crippen LogP contribution in [-0.2, 0) is 23.5 Å². The predicted molar refractivity (Wildman–Crippen MR) is 359 cm³/mol. The molecule has 13 aromatic heterocycles. The number of aromatic amines is 4. The van der Waals surface area contributed by atoms with E-state index in [2.05, 4.69) is 93.4 Å². The third-order valence-corrected chi connectivity index (χ3v) is 17.5. The van der Waals surface area contributed by atoms with Crippen molar-refractivity contribution in [3.05, 3.63) is 230 Å². The average Bonchev–Trinajstić information content (AvgIpc) is 2.89. The topological polar surface area (TPSA) is 224 Å². The summed E-state index contributed by atoms with van der Waals surface area (Å²) >= 11 is 7.71. The van der Waals surface area contributed by atoms with Gasteiger partial charge in [0.2, 0.25) is 0 Å². The van der Waals surface area contributed by atoms with Crippen molar-refractivity contribution in [1.29, 1.82) is 0 Å². The monoisotopic (exact) mass is 1280 g/mol. The molecule has 13 aromatic rings. The van der Waals surface area contributed by atoms with Gasteiger partial charge in [-0.15, -0.1) is 78.8 Å². The van der Waals surface area contributed by atoms with E-state index < -0.39 is 0 Å². The number of aromatic nitrogens is 15. The molecule has 4 N–H and O–H groups in total. The molecule has 16 nitrogen and oxygen atoms in total. The van der Waals surface area contributed by atoms with E-state index in [-0.39, 0.29) is 24.5 Å². The van der Waals surface area contributed by atoms with E-state index in [1.54, 1.807) is 50.9 Å². The Bertz CT molecular complexity index is 4730. The number of rotatable bonds is 7. The second kappa shape index (κ2) is 26.8. The minimum Gasteiger partial charge on any atom is -0.657 e. The number of H-pyrrole nitrogens is 4. The van der Waals surface area contributed by atoms with Crippen molar-refractivity contribution in [3.8, 4) is 41.8 Å². The molecule has 428 valence electrons. The van der Waals surface area contributed by atoms with Gasteiger partial charge in [0.1, 0.15) is 0 Å². The SMILES string of the molecule is C.C1=Cc2nc1cc1ccc([n-]1)c(-c1cncs1)c1nc(cc3ccc([n-]3)c2-c2cncs2)C=C1.C1=Cc2nc1cc1ccc([nH]1)c(-c1cncs1)c1ccc(cc3nc(c2-c2cncs2)C=C3)[nH]1.O=Cc1cncs1.[Mn+3].c1c[nH]c(Cc2ccc[nH]2)c1. The summed E-state index contributed by atoms with van der Waals surface area (Å²) < 4.78 is 0. The minimum atomic E-state index is 0. The molecule has 22 heteroatoms. The zero-order chi connectivity index (χ0) is 57.6. The number of nitrogens with one attached hydrogen (secondary N) is 4. The number of nitrogens with zero attached hydrogens (tertiary/aromatic N) is 11. The Morgan fingerprint density at radius 2 is 0.818 bits per heavy atom. The first kappa shape index (κ1) is 58.5. The van der Waals surface area contributed by atoms with Crippen molar-refractivity contribution in [2.45, 2.75) is 13.8 Å². The number of hydrogen-bond acceptors (Lipinski definition) is 15. The van der Waals surface area contributed by atoms with Crippen molar-refractivity contribution in [3.63, 3.8) is 0 Å². The normalized spacial score (nSPS) is 11.6. The summed E-state index contributed by atoms with van der Waals surface area (Å²) in [6, 6.07) is 32.8. The van der Waals surface area contributed by atoms with Crippen LogP contribution in [0.25, 0.3) is 135 Å². The first-order chi connectivity index (χ1) is 42.5. The summed E-state index contributed by atoms with van der Waals surface area (Å²) in [4.78, 5) is 78.4. The molecule has 16 bridgehead atoms. The van der Waals surface area contributed by atoms with Crippen LogP contribution in [-0.4, -0.2) is 71.1 Å². The fraction of sp³-hybridized carbons (Fsp3) is 0.0303. The van der Waals surface area contributed by atoms with E-state index in [1.165, 1.54) is 28.9 Å². The Hall–Kier alpha value is -9.90. The predicted octanol–water partition coefficient (Wildman–Crippen LogP) is 16.6. The van der Waals surface area contributed by atoms with E-state index >= 15 is 0 Å². The van der Waals surface area contributed by atoms with Crippen LogP contribution in [0.4, 0.5) is 0 Å². The van der Waals surface area contributed by atoms with Crippen LogP contribution in [0.1, 0.15) is 74.0 Å². The standard InChI is InChI=1S/C26H16N6S2.C26H14N6S2.C9H10N2.C4H3NOS.CH4.Mn/c2*1-5-19-25(23-11-27-13-33-23)20-7-3-17(31-20)10-18-4-8-22(32-18)26(24-12-28-14-34-24)21-6-2-16(30-21)9-15(1)29-19;1-3-8(10-5-1)7-9-4-2-6-11-9;6-2-4-1-5-3-7-4;;/h1-14,29,31H;1-14H;1-6,10-11H,7H2;1-3H;1H4;/q;-2;;;;+3. The van der Waals surface area contributed by atoms with Gasteiger partial charge in [0, 0.05) is 106 Å². The van der Waals surface area contributed by atoms with Crippen LogP contribution in [0, 0.1) is 0 Å². The molecule has 0 saturated heterocycles. The summed E-state index contributed by atoms with van der Waals surface area (Å²) in [7, 11) is 0. The number of thiazole rings is 5. The maximum absolute atomic E-state index is 9.84. The molecule has 4 aliphatic rings. The van der Waals surface area contributed by atoms with Crippen molar-refractivity contribution in [2.24, 2.45) is 0 Å². The Labute approximate surface area is 533 Å². The van der Waals surface area contributed by atoms with Crippen LogP contribution in [0.5, 0.6) is 0 Å². The Balaban J connectivity index is 0.000000131. The molecule has 0 unspecified atom stereocenters. The summed E-state index contributed by atoms with van der Waals surface area (Å²) in [5, 5.41) is 0. The molecular formula is C66H47MnN15OS5+. The van der Waals surface area contributed by atoms with Gasteiger partial charge in [-0.05, 0) is 109 Å². The number of carbonyl (C=O) groups excluding carboxylic acids is 1. The van der Waals surface area contributed by atoms with Gasteiger partial charge in [-0.1, -0.05) is 43.8 Å². The van der Waals surface area contributed by atoms with Gasteiger partial charge in [-0.2, -0.15) is 0 Å². The molecule has 0 spiro atoms. The van der Waals surface area contributed by atoms with E-state index in [4.69, 9.17) is 29.9 Å². The quantitative estimate of drug-likeness (QED) is 0.0864. The van der Waals surface area contributed by atoms with Crippen molar-refractivity contribution in [2.75, 3.05) is 0 Å². The van der Waals surface area contributed by atoms with Crippen LogP contribution >= 0.6 is 56.7 Å². The third kappa shape index (κ3) is 13.1. The van der Waals surface area contributed by atoms with E-state index in [1.807, 2.05) is 156 Å². The Kier molecular flexibility index (Phi) is 17.8. The second-order valence-electron chi connectivity index (χ2n) is 19.3. The molecular weight excluding hydrogens is 1230 g/mol. The number of hydrogen-bond donors (Lipinski definition) is 4. The molecule has 0 saturated carbocycles. The first-order valence-corrected chi connectivity index (χ1v) is 31.1. The molecule has 0 aliphatic carbocycles. The smallest absolute Gasteiger partial charge is 0.657 e. The van der Waals surface area contributed by atoms with E-state index in [9.17, 15) is 4.79 Å². The van der Waals surface area contributed by atoms with Gasteiger partial charge < -0.3 is 29.9 Å². The molecule has 0 fully saturated rings. The summed E-state index contributed by atoms with van der Waals surface area (Å²) in [6.45, 7) is 0. The van der Waals surface area contributed by atoms with Crippen molar-refractivity contribution >= 4 is 156 Å². The fourth-order valence-corrected chi connectivity index (χ4v) is 13.0. The van der Waals surface area contributed by atoms with Gasteiger partial charge in [0.25, 0.3) is 0 Å². The molecule has 17 rings (SSSR count). The molecule has 0 atom stereocenters. The van der Waals surface area contributed by atoms with Gasteiger partial charge in [0.05, 0.1) is 97.5 Å².